The maximum absolute atomic E-state index is 3.68. The van der Waals surface area contributed by atoms with Gasteiger partial charge in [0.1, 0.15) is 0 Å². The number of hydrogen-bond acceptors (Lipinski definition) is 2. The topological polar surface area (TPSA) is 12.0 Å². The molecular weight excluding hydrogens is 262 g/mol. The van der Waals surface area contributed by atoms with Crippen LogP contribution < -0.4 is 5.32 Å². The second kappa shape index (κ2) is 4.92. The first kappa shape index (κ1) is 13.7. The Kier molecular flexibility index (Phi) is 3.37. The third kappa shape index (κ3) is 2.49. The molecule has 2 aromatic rings. The summed E-state index contributed by atoms with van der Waals surface area (Å²) in [6, 6.07) is 11.9. The molecule has 1 atom stereocenters. The van der Waals surface area contributed by atoms with Crippen LogP contribution in [0, 0.1) is 0 Å². The fraction of sp³-hybridized carbons (Fsp3) is 0.444. The van der Waals surface area contributed by atoms with Gasteiger partial charge in [0, 0.05) is 15.4 Å². The van der Waals surface area contributed by atoms with E-state index in [1.807, 2.05) is 11.3 Å². The highest BCUT2D eigenvalue weighted by molar-refractivity contribution is 7.12. The molecule has 106 valence electrons. The molecule has 0 saturated heterocycles. The standard InChI is InChI=1S/C18H23NS/c1-5-14-7-9-17(20-14)16-11-12-10-13(18(2,3)4)6-8-15(12)19-16/h6-10,16,19H,5,11H2,1-4H3. The quantitative estimate of drug-likeness (QED) is 0.787. The lowest BCUT2D eigenvalue weighted by Crippen LogP contribution is -2.10. The van der Waals surface area contributed by atoms with E-state index >= 15 is 0 Å². The van der Waals surface area contributed by atoms with E-state index < -0.39 is 0 Å². The van der Waals surface area contributed by atoms with Gasteiger partial charge in [0.15, 0.2) is 0 Å². The average Bonchev–Trinajstić information content (AvgIpc) is 3.02. The average molecular weight is 285 g/mol. The van der Waals surface area contributed by atoms with Crippen LogP contribution >= 0.6 is 11.3 Å². The van der Waals surface area contributed by atoms with Gasteiger partial charge in [0.05, 0.1) is 6.04 Å². The summed E-state index contributed by atoms with van der Waals surface area (Å²) in [4.78, 5) is 2.95. The summed E-state index contributed by atoms with van der Waals surface area (Å²) in [6.07, 6.45) is 2.25. The fourth-order valence-corrected chi connectivity index (χ4v) is 3.78. The smallest absolute Gasteiger partial charge is 0.0647 e. The lowest BCUT2D eigenvalue weighted by atomic mass is 9.86. The predicted molar refractivity (Wildman–Crippen MR) is 88.9 cm³/mol. The van der Waals surface area contributed by atoms with Crippen molar-refractivity contribution in [2.24, 2.45) is 0 Å². The zero-order valence-electron chi connectivity index (χ0n) is 12.8. The van der Waals surface area contributed by atoms with E-state index in [1.54, 1.807) is 0 Å². The summed E-state index contributed by atoms with van der Waals surface area (Å²) in [7, 11) is 0. The van der Waals surface area contributed by atoms with Crippen LogP contribution in [0.3, 0.4) is 0 Å². The third-order valence-electron chi connectivity index (χ3n) is 4.10. The van der Waals surface area contributed by atoms with Crippen molar-refractivity contribution in [3.8, 4) is 0 Å². The number of benzene rings is 1. The van der Waals surface area contributed by atoms with Gasteiger partial charge in [-0.15, -0.1) is 11.3 Å². The van der Waals surface area contributed by atoms with Gasteiger partial charge >= 0.3 is 0 Å². The van der Waals surface area contributed by atoms with Crippen LogP contribution in [0.2, 0.25) is 0 Å². The number of thiophene rings is 1. The number of nitrogens with one attached hydrogen (secondary N) is 1. The summed E-state index contributed by atoms with van der Waals surface area (Å²) in [5.41, 5.74) is 4.44. The molecule has 0 bridgehead atoms. The Hall–Kier alpha value is -1.28. The first-order chi connectivity index (χ1) is 9.47. The van der Waals surface area contributed by atoms with Gasteiger partial charge in [-0.25, -0.2) is 0 Å². The Morgan fingerprint density at radius 2 is 2.00 bits per heavy atom. The number of hydrogen-bond donors (Lipinski definition) is 1. The van der Waals surface area contributed by atoms with Crippen molar-refractivity contribution in [2.75, 3.05) is 5.32 Å². The first-order valence-electron chi connectivity index (χ1n) is 7.46. The minimum Gasteiger partial charge on any atom is -0.377 e. The first-order valence-corrected chi connectivity index (χ1v) is 8.27. The molecule has 1 aliphatic heterocycles. The van der Waals surface area contributed by atoms with Gasteiger partial charge in [-0.1, -0.05) is 39.8 Å². The van der Waals surface area contributed by atoms with Gasteiger partial charge in [0.2, 0.25) is 0 Å². The number of aryl methyl sites for hydroxylation is 1. The van der Waals surface area contributed by atoms with Gasteiger partial charge < -0.3 is 5.32 Å². The van der Waals surface area contributed by atoms with E-state index in [9.17, 15) is 0 Å². The van der Waals surface area contributed by atoms with E-state index in [-0.39, 0.29) is 5.41 Å². The molecule has 1 N–H and O–H groups in total. The van der Waals surface area contributed by atoms with Crippen molar-refractivity contribution in [3.63, 3.8) is 0 Å². The van der Waals surface area contributed by atoms with E-state index in [4.69, 9.17) is 0 Å². The van der Waals surface area contributed by atoms with Crippen LogP contribution in [0.15, 0.2) is 30.3 Å². The molecule has 1 nitrogen and oxygen atoms in total. The Morgan fingerprint density at radius 3 is 2.65 bits per heavy atom. The molecule has 0 aliphatic carbocycles. The van der Waals surface area contributed by atoms with Crippen LogP contribution in [0.5, 0.6) is 0 Å². The summed E-state index contributed by atoms with van der Waals surface area (Å²) in [6.45, 7) is 9.06. The Bertz CT molecular complexity index is 619. The molecule has 2 heterocycles. The Labute approximate surface area is 126 Å². The van der Waals surface area contributed by atoms with Crippen molar-refractivity contribution in [2.45, 2.75) is 52.0 Å². The summed E-state index contributed by atoms with van der Waals surface area (Å²) in [5.74, 6) is 0. The Morgan fingerprint density at radius 1 is 1.20 bits per heavy atom. The molecule has 1 aliphatic rings. The zero-order chi connectivity index (χ0) is 14.3. The highest BCUT2D eigenvalue weighted by atomic mass is 32.1. The predicted octanol–water partition coefficient (Wildman–Crippen LogP) is 5.32. The molecule has 0 radical (unpaired) electrons. The van der Waals surface area contributed by atoms with Gasteiger partial charge in [-0.2, -0.15) is 0 Å². The van der Waals surface area contributed by atoms with Crippen LogP contribution in [-0.2, 0) is 18.3 Å². The summed E-state index contributed by atoms with van der Waals surface area (Å²) < 4.78 is 0. The molecule has 0 spiro atoms. The van der Waals surface area contributed by atoms with Crippen LogP contribution in [0.25, 0.3) is 0 Å². The van der Waals surface area contributed by atoms with Gasteiger partial charge in [0.25, 0.3) is 0 Å². The molecule has 0 fully saturated rings. The molecule has 1 aromatic carbocycles. The number of rotatable bonds is 2. The lowest BCUT2D eigenvalue weighted by molar-refractivity contribution is 0.589. The van der Waals surface area contributed by atoms with Gasteiger partial charge in [-0.3, -0.25) is 0 Å². The number of fused-ring (bicyclic) bond motifs is 1. The molecule has 2 heteroatoms. The minimum atomic E-state index is 0.228. The third-order valence-corrected chi connectivity index (χ3v) is 5.44. The maximum Gasteiger partial charge on any atom is 0.0647 e. The van der Waals surface area contributed by atoms with Crippen molar-refractivity contribution >= 4 is 17.0 Å². The molecule has 3 rings (SSSR count). The second-order valence-corrected chi connectivity index (χ2v) is 7.88. The lowest BCUT2D eigenvalue weighted by Gasteiger charge is -2.19. The van der Waals surface area contributed by atoms with Gasteiger partial charge in [-0.05, 0) is 47.6 Å². The zero-order valence-corrected chi connectivity index (χ0v) is 13.6. The van der Waals surface area contributed by atoms with Crippen molar-refractivity contribution in [1.82, 2.24) is 0 Å². The van der Waals surface area contributed by atoms with Crippen LogP contribution in [0.4, 0.5) is 5.69 Å². The van der Waals surface area contributed by atoms with Crippen molar-refractivity contribution in [3.05, 3.63) is 51.2 Å². The monoisotopic (exact) mass is 285 g/mol. The highest BCUT2D eigenvalue weighted by Crippen LogP contribution is 2.38. The largest absolute Gasteiger partial charge is 0.377 e. The second-order valence-electron chi connectivity index (χ2n) is 6.68. The molecule has 0 saturated carbocycles. The van der Waals surface area contributed by atoms with Crippen LogP contribution in [-0.4, -0.2) is 0 Å². The van der Waals surface area contributed by atoms with Crippen molar-refractivity contribution in [1.29, 1.82) is 0 Å². The summed E-state index contributed by atoms with van der Waals surface area (Å²) >= 11 is 1.95. The minimum absolute atomic E-state index is 0.228. The summed E-state index contributed by atoms with van der Waals surface area (Å²) in [5, 5.41) is 3.68. The fourth-order valence-electron chi connectivity index (χ4n) is 2.77. The van der Waals surface area contributed by atoms with E-state index in [2.05, 4.69) is 63.3 Å². The normalized spacial score (nSPS) is 17.9. The maximum atomic E-state index is 3.68. The highest BCUT2D eigenvalue weighted by Gasteiger charge is 2.25. The number of anilines is 1. The van der Waals surface area contributed by atoms with Crippen LogP contribution in [0.1, 0.15) is 54.6 Å². The van der Waals surface area contributed by atoms with E-state index in [0.29, 0.717) is 6.04 Å². The van der Waals surface area contributed by atoms with E-state index in [0.717, 1.165) is 12.8 Å². The van der Waals surface area contributed by atoms with E-state index in [1.165, 1.54) is 26.6 Å². The molecule has 1 unspecified atom stereocenters. The molecular formula is C18H23NS. The SMILES string of the molecule is CCc1ccc(C2Cc3cc(C(C)(C)C)ccc3N2)s1. The molecule has 20 heavy (non-hydrogen) atoms. The molecule has 0 amide bonds. The van der Waals surface area contributed by atoms with Crippen molar-refractivity contribution < 1.29 is 0 Å². The Balaban J connectivity index is 1.85. The molecule has 1 aromatic heterocycles.